The molecule has 1 aromatic carbocycles. The van der Waals surface area contributed by atoms with Gasteiger partial charge in [0.05, 0.1) is 5.92 Å². The number of phenolic OH excluding ortho intramolecular Hbond substituents is 1. The first-order chi connectivity index (χ1) is 9.16. The molecule has 2 atom stereocenters. The summed E-state index contributed by atoms with van der Waals surface area (Å²) >= 11 is 0. The molecule has 0 aliphatic carbocycles. The van der Waals surface area contributed by atoms with Crippen LogP contribution in [0.2, 0.25) is 0 Å². The van der Waals surface area contributed by atoms with Gasteiger partial charge in [-0.15, -0.1) is 0 Å². The van der Waals surface area contributed by atoms with E-state index in [0.717, 1.165) is 0 Å². The Hall–Kier alpha value is -1.95. The molecule has 0 radical (unpaired) electrons. The van der Waals surface area contributed by atoms with Crippen LogP contribution in [0.15, 0.2) is 12.1 Å². The van der Waals surface area contributed by atoms with Gasteiger partial charge < -0.3 is 25.0 Å². The van der Waals surface area contributed by atoms with Crippen LogP contribution in [0.1, 0.15) is 18.0 Å². The maximum atomic E-state index is 10.9. The lowest BCUT2D eigenvalue weighted by atomic mass is 9.99. The van der Waals surface area contributed by atoms with E-state index in [9.17, 15) is 9.90 Å². The number of aliphatic carboxylic acids is 1. The summed E-state index contributed by atoms with van der Waals surface area (Å²) in [4.78, 5) is 10.9. The van der Waals surface area contributed by atoms with E-state index in [2.05, 4.69) is 5.32 Å². The number of carboxylic acid groups (broad SMARTS) is 1. The Morgan fingerprint density at radius 2 is 2.11 bits per heavy atom. The van der Waals surface area contributed by atoms with Gasteiger partial charge in [-0.25, -0.2) is 0 Å². The van der Waals surface area contributed by atoms with E-state index in [4.69, 9.17) is 14.6 Å². The molecule has 1 saturated heterocycles. The Labute approximate surface area is 110 Å². The zero-order chi connectivity index (χ0) is 13.4. The molecule has 1 fully saturated rings. The van der Waals surface area contributed by atoms with Crippen molar-refractivity contribution in [2.75, 3.05) is 19.8 Å². The molecule has 0 bridgehead atoms. The van der Waals surface area contributed by atoms with Crippen LogP contribution in [0.4, 0.5) is 0 Å². The second kappa shape index (κ2) is 4.62. The fourth-order valence-corrected chi connectivity index (χ4v) is 2.56. The van der Waals surface area contributed by atoms with Gasteiger partial charge in [-0.05, 0) is 18.6 Å². The molecule has 3 N–H and O–H groups in total. The number of carboxylic acids is 1. The molecule has 0 aromatic heterocycles. The van der Waals surface area contributed by atoms with Crippen LogP contribution in [0.3, 0.4) is 0 Å². The van der Waals surface area contributed by atoms with Crippen LogP contribution >= 0.6 is 0 Å². The number of fused-ring (bicyclic) bond motifs is 1. The fourth-order valence-electron chi connectivity index (χ4n) is 2.56. The lowest BCUT2D eigenvalue weighted by Crippen LogP contribution is -2.18. The summed E-state index contributed by atoms with van der Waals surface area (Å²) in [6.07, 6.45) is 0.461. The molecular weight excluding hydrogens is 250 g/mol. The van der Waals surface area contributed by atoms with Crippen LogP contribution < -0.4 is 14.8 Å². The molecule has 0 amide bonds. The first-order valence-electron chi connectivity index (χ1n) is 6.24. The van der Waals surface area contributed by atoms with Crippen LogP contribution in [0, 0.1) is 5.92 Å². The Kier molecular flexibility index (Phi) is 2.94. The first kappa shape index (κ1) is 12.1. The van der Waals surface area contributed by atoms with Gasteiger partial charge in [0.25, 0.3) is 0 Å². The largest absolute Gasteiger partial charge is 0.504 e. The minimum absolute atomic E-state index is 0.0424. The van der Waals surface area contributed by atoms with E-state index < -0.39 is 11.9 Å². The van der Waals surface area contributed by atoms with Crippen molar-refractivity contribution < 1.29 is 24.5 Å². The lowest BCUT2D eigenvalue weighted by molar-refractivity contribution is -0.141. The molecular formula is C13H15NO5. The molecule has 2 aliphatic rings. The third-order valence-electron chi connectivity index (χ3n) is 3.57. The highest BCUT2D eigenvalue weighted by Crippen LogP contribution is 2.44. The Balaban J connectivity index is 1.88. The van der Waals surface area contributed by atoms with Crippen LogP contribution in [-0.4, -0.2) is 35.9 Å². The van der Waals surface area contributed by atoms with Gasteiger partial charge in [-0.2, -0.15) is 0 Å². The van der Waals surface area contributed by atoms with E-state index in [1.54, 1.807) is 12.1 Å². The normalized spacial score (nSPS) is 25.3. The van der Waals surface area contributed by atoms with Gasteiger partial charge in [0.15, 0.2) is 11.5 Å². The summed E-state index contributed by atoms with van der Waals surface area (Å²) in [5.41, 5.74) is 0.660. The lowest BCUT2D eigenvalue weighted by Gasteiger charge is -2.22. The Morgan fingerprint density at radius 3 is 2.84 bits per heavy atom. The van der Waals surface area contributed by atoms with Crippen molar-refractivity contribution in [1.82, 2.24) is 5.32 Å². The van der Waals surface area contributed by atoms with Crippen LogP contribution in [0.5, 0.6) is 17.2 Å². The first-order valence-corrected chi connectivity index (χ1v) is 6.24. The molecule has 2 unspecified atom stereocenters. The van der Waals surface area contributed by atoms with E-state index in [-0.39, 0.29) is 11.8 Å². The number of hydrogen-bond donors (Lipinski definition) is 3. The van der Waals surface area contributed by atoms with Crippen molar-refractivity contribution in [3.05, 3.63) is 17.7 Å². The number of aromatic hydroxyl groups is 1. The zero-order valence-electron chi connectivity index (χ0n) is 10.3. The van der Waals surface area contributed by atoms with Gasteiger partial charge in [0.2, 0.25) is 5.75 Å². The molecule has 0 spiro atoms. The third kappa shape index (κ3) is 2.08. The topological polar surface area (TPSA) is 88.0 Å². The standard InChI is InChI=1S/C13H15NO5/c15-11-8(9-5-7(6-14-9)13(16)17)1-2-10-12(11)19-4-3-18-10/h1-2,7,9,14-15H,3-6H2,(H,16,17). The summed E-state index contributed by atoms with van der Waals surface area (Å²) in [6, 6.07) is 3.33. The summed E-state index contributed by atoms with van der Waals surface area (Å²) < 4.78 is 10.8. The average Bonchev–Trinajstić information content (AvgIpc) is 2.89. The maximum Gasteiger partial charge on any atom is 0.307 e. The summed E-state index contributed by atoms with van der Waals surface area (Å²) in [5.74, 6) is -0.310. The van der Waals surface area contributed by atoms with Crippen molar-refractivity contribution in [1.29, 1.82) is 0 Å². The number of carbonyl (C=O) groups is 1. The van der Waals surface area contributed by atoms with Crippen molar-refractivity contribution in [2.24, 2.45) is 5.92 Å². The highest BCUT2D eigenvalue weighted by molar-refractivity contribution is 5.71. The maximum absolute atomic E-state index is 10.9. The number of nitrogens with one attached hydrogen (secondary N) is 1. The average molecular weight is 265 g/mol. The molecule has 19 heavy (non-hydrogen) atoms. The number of phenols is 1. The molecule has 2 heterocycles. The molecule has 3 rings (SSSR count). The number of ether oxygens (including phenoxy) is 2. The van der Waals surface area contributed by atoms with E-state index >= 15 is 0 Å². The second-order valence-electron chi connectivity index (χ2n) is 4.76. The smallest absolute Gasteiger partial charge is 0.307 e. The molecule has 6 heteroatoms. The quantitative estimate of drug-likeness (QED) is 0.736. The highest BCUT2D eigenvalue weighted by atomic mass is 16.6. The molecule has 2 aliphatic heterocycles. The minimum Gasteiger partial charge on any atom is -0.504 e. The van der Waals surface area contributed by atoms with Crippen molar-refractivity contribution >= 4 is 5.97 Å². The van der Waals surface area contributed by atoms with Crippen molar-refractivity contribution in [3.8, 4) is 17.2 Å². The summed E-state index contributed by atoms with van der Waals surface area (Å²) in [7, 11) is 0. The number of rotatable bonds is 2. The third-order valence-corrected chi connectivity index (χ3v) is 3.57. The number of benzene rings is 1. The van der Waals surface area contributed by atoms with Gasteiger partial charge >= 0.3 is 5.97 Å². The summed E-state index contributed by atoms with van der Waals surface area (Å²) in [6.45, 7) is 1.28. The predicted octanol–water partition coefficient (Wildman–Crippen LogP) is 0.899. The van der Waals surface area contributed by atoms with Gasteiger partial charge in [0.1, 0.15) is 13.2 Å². The van der Waals surface area contributed by atoms with E-state index in [1.807, 2.05) is 0 Å². The molecule has 0 saturated carbocycles. The van der Waals surface area contributed by atoms with Crippen molar-refractivity contribution in [3.63, 3.8) is 0 Å². The highest BCUT2D eigenvalue weighted by Gasteiger charge is 2.33. The second-order valence-corrected chi connectivity index (χ2v) is 4.76. The monoisotopic (exact) mass is 265 g/mol. The molecule has 6 nitrogen and oxygen atoms in total. The van der Waals surface area contributed by atoms with E-state index in [0.29, 0.717) is 43.2 Å². The molecule has 102 valence electrons. The zero-order valence-corrected chi connectivity index (χ0v) is 10.3. The Morgan fingerprint density at radius 1 is 1.32 bits per heavy atom. The van der Waals surface area contributed by atoms with Crippen molar-refractivity contribution in [2.45, 2.75) is 12.5 Å². The van der Waals surface area contributed by atoms with Crippen LogP contribution in [0.25, 0.3) is 0 Å². The van der Waals surface area contributed by atoms with Crippen LogP contribution in [-0.2, 0) is 4.79 Å². The van der Waals surface area contributed by atoms with Gasteiger partial charge in [-0.1, -0.05) is 0 Å². The minimum atomic E-state index is -0.813. The molecule has 1 aromatic rings. The number of hydrogen-bond acceptors (Lipinski definition) is 5. The van der Waals surface area contributed by atoms with Gasteiger partial charge in [0, 0.05) is 18.2 Å². The van der Waals surface area contributed by atoms with E-state index in [1.165, 1.54) is 0 Å². The fraction of sp³-hybridized carbons (Fsp3) is 0.462. The summed E-state index contributed by atoms with van der Waals surface area (Å²) in [5, 5.41) is 22.3. The SMILES string of the molecule is O=C(O)C1CNC(c2ccc3c(c2O)OCCO3)C1. The predicted molar refractivity (Wildman–Crippen MR) is 65.6 cm³/mol. The Bertz CT molecular complexity index is 516. The van der Waals surface area contributed by atoms with Gasteiger partial charge in [-0.3, -0.25) is 4.79 Å².